The quantitative estimate of drug-likeness (QED) is 0.194. The molecule has 0 unspecified atom stereocenters. The van der Waals surface area contributed by atoms with Crippen molar-refractivity contribution in [3.63, 3.8) is 0 Å². The van der Waals surface area contributed by atoms with E-state index in [2.05, 4.69) is 152 Å². The fraction of sp³-hybridized carbons (Fsp3) is 0. The molecule has 0 atom stereocenters. The van der Waals surface area contributed by atoms with Crippen LogP contribution in [0.5, 0.6) is 0 Å². The molecule has 8 rings (SSSR count). The Morgan fingerprint density at radius 1 is 0.283 bits per heavy atom. The maximum absolute atomic E-state index is 5.13. The molecular weight excluding hydrogens is 558 g/mol. The maximum Gasteiger partial charge on any atom is 0.160 e. The Morgan fingerprint density at radius 3 is 1.35 bits per heavy atom. The SMILES string of the molecule is c1ccc(-c2cccc(-c3cc(-c4cccc(-c5ccccc5)c4)nc(-c4ccc(-c5cc6ccccc6cn5)cc4)n3)c2)cc1. The van der Waals surface area contributed by atoms with Gasteiger partial charge in [0, 0.05) is 33.8 Å². The van der Waals surface area contributed by atoms with Crippen molar-refractivity contribution in [2.75, 3.05) is 0 Å². The van der Waals surface area contributed by atoms with Gasteiger partial charge in [0.1, 0.15) is 0 Å². The van der Waals surface area contributed by atoms with E-state index in [0.29, 0.717) is 5.82 Å². The molecule has 8 aromatic rings. The van der Waals surface area contributed by atoms with Gasteiger partial charge in [-0.05, 0) is 51.9 Å². The van der Waals surface area contributed by atoms with Crippen LogP contribution in [0.2, 0.25) is 0 Å². The number of rotatable bonds is 6. The zero-order chi connectivity index (χ0) is 30.7. The van der Waals surface area contributed by atoms with Crippen LogP contribution in [0, 0.1) is 0 Å². The molecule has 3 heteroatoms. The Labute approximate surface area is 268 Å². The highest BCUT2D eigenvalue weighted by molar-refractivity contribution is 5.85. The number of aromatic nitrogens is 3. The third kappa shape index (κ3) is 5.58. The molecule has 0 N–H and O–H groups in total. The molecule has 0 bridgehead atoms. The summed E-state index contributed by atoms with van der Waals surface area (Å²) in [4.78, 5) is 15.0. The van der Waals surface area contributed by atoms with E-state index in [1.807, 2.05) is 24.4 Å². The van der Waals surface area contributed by atoms with Crippen molar-refractivity contribution in [2.24, 2.45) is 0 Å². The Kier molecular flexibility index (Phi) is 7.18. The zero-order valence-corrected chi connectivity index (χ0v) is 25.1. The van der Waals surface area contributed by atoms with Gasteiger partial charge in [0.15, 0.2) is 5.82 Å². The third-order valence-corrected chi connectivity index (χ3v) is 8.33. The van der Waals surface area contributed by atoms with E-state index >= 15 is 0 Å². The number of benzene rings is 6. The highest BCUT2D eigenvalue weighted by Crippen LogP contribution is 2.32. The van der Waals surface area contributed by atoms with Crippen molar-refractivity contribution in [2.45, 2.75) is 0 Å². The van der Waals surface area contributed by atoms with E-state index in [9.17, 15) is 0 Å². The predicted octanol–water partition coefficient (Wildman–Crippen LogP) is 11.0. The van der Waals surface area contributed by atoms with E-state index in [1.165, 1.54) is 16.5 Å². The monoisotopic (exact) mass is 587 g/mol. The Hall–Kier alpha value is -6.19. The summed E-state index contributed by atoms with van der Waals surface area (Å²) >= 11 is 0. The summed E-state index contributed by atoms with van der Waals surface area (Å²) in [5, 5.41) is 2.31. The van der Waals surface area contributed by atoms with E-state index in [-0.39, 0.29) is 0 Å². The number of fused-ring (bicyclic) bond motifs is 1. The van der Waals surface area contributed by atoms with E-state index < -0.39 is 0 Å². The van der Waals surface area contributed by atoms with E-state index in [0.717, 1.165) is 55.8 Å². The number of hydrogen-bond acceptors (Lipinski definition) is 3. The van der Waals surface area contributed by atoms with Gasteiger partial charge in [0.25, 0.3) is 0 Å². The van der Waals surface area contributed by atoms with Crippen molar-refractivity contribution in [3.8, 4) is 67.4 Å². The second-order valence-electron chi connectivity index (χ2n) is 11.3. The molecule has 0 aliphatic rings. The van der Waals surface area contributed by atoms with Crippen LogP contribution < -0.4 is 0 Å². The number of nitrogens with zero attached hydrogens (tertiary/aromatic N) is 3. The fourth-order valence-electron chi connectivity index (χ4n) is 5.88. The zero-order valence-electron chi connectivity index (χ0n) is 25.1. The van der Waals surface area contributed by atoms with Crippen molar-refractivity contribution >= 4 is 10.8 Å². The van der Waals surface area contributed by atoms with E-state index in [4.69, 9.17) is 15.0 Å². The summed E-state index contributed by atoms with van der Waals surface area (Å²) < 4.78 is 0. The van der Waals surface area contributed by atoms with Crippen LogP contribution in [0.3, 0.4) is 0 Å². The molecule has 0 aliphatic heterocycles. The Morgan fingerprint density at radius 2 is 0.761 bits per heavy atom. The lowest BCUT2D eigenvalue weighted by Crippen LogP contribution is -1.96. The van der Waals surface area contributed by atoms with Crippen molar-refractivity contribution in [3.05, 3.63) is 176 Å². The van der Waals surface area contributed by atoms with Crippen LogP contribution >= 0.6 is 0 Å². The minimum absolute atomic E-state index is 0.681. The van der Waals surface area contributed by atoms with Gasteiger partial charge >= 0.3 is 0 Å². The standard InChI is InChI=1S/C43H29N3/c1-3-11-30(12-4-1)34-17-9-19-37(25-34)41-28-42(38-20-10-18-35(26-38)31-13-5-2-6-14-31)46-43(45-41)33-23-21-32(22-24-33)40-27-36-15-7-8-16-39(36)29-44-40/h1-29H. The second-order valence-corrected chi connectivity index (χ2v) is 11.3. The van der Waals surface area contributed by atoms with E-state index in [1.54, 1.807) is 0 Å². The van der Waals surface area contributed by atoms with Crippen LogP contribution in [-0.4, -0.2) is 15.0 Å². The molecule has 0 radical (unpaired) electrons. The molecule has 0 amide bonds. The van der Waals surface area contributed by atoms with Crippen LogP contribution in [0.15, 0.2) is 176 Å². The molecule has 0 fully saturated rings. The summed E-state index contributed by atoms with van der Waals surface area (Å²) in [6.07, 6.45) is 1.94. The molecular formula is C43H29N3. The lowest BCUT2D eigenvalue weighted by Gasteiger charge is -2.12. The highest BCUT2D eigenvalue weighted by atomic mass is 14.9. The molecule has 0 saturated heterocycles. The van der Waals surface area contributed by atoms with Gasteiger partial charge in [-0.15, -0.1) is 0 Å². The first-order chi connectivity index (χ1) is 22.8. The van der Waals surface area contributed by atoms with Crippen LogP contribution in [0.1, 0.15) is 0 Å². The summed E-state index contributed by atoms with van der Waals surface area (Å²) in [6.45, 7) is 0. The van der Waals surface area contributed by atoms with Gasteiger partial charge in [-0.3, -0.25) is 4.98 Å². The summed E-state index contributed by atoms with van der Waals surface area (Å²) in [5.41, 5.74) is 11.4. The molecule has 0 aliphatic carbocycles. The molecule has 6 aromatic carbocycles. The summed E-state index contributed by atoms with van der Waals surface area (Å²) in [5.74, 6) is 0.681. The van der Waals surface area contributed by atoms with Gasteiger partial charge < -0.3 is 0 Å². The van der Waals surface area contributed by atoms with Crippen molar-refractivity contribution in [1.82, 2.24) is 15.0 Å². The Bertz CT molecular complexity index is 2190. The van der Waals surface area contributed by atoms with Gasteiger partial charge in [-0.25, -0.2) is 9.97 Å². The topological polar surface area (TPSA) is 38.7 Å². The smallest absolute Gasteiger partial charge is 0.160 e. The van der Waals surface area contributed by atoms with Gasteiger partial charge in [0.2, 0.25) is 0 Å². The first kappa shape index (κ1) is 27.4. The minimum atomic E-state index is 0.681. The normalized spacial score (nSPS) is 11.0. The highest BCUT2D eigenvalue weighted by Gasteiger charge is 2.13. The Balaban J connectivity index is 1.23. The molecule has 2 aromatic heterocycles. The van der Waals surface area contributed by atoms with Crippen LogP contribution in [0.25, 0.3) is 78.2 Å². The summed E-state index contributed by atoms with van der Waals surface area (Å²) in [7, 11) is 0. The molecule has 3 nitrogen and oxygen atoms in total. The molecule has 0 spiro atoms. The van der Waals surface area contributed by atoms with Crippen molar-refractivity contribution < 1.29 is 0 Å². The van der Waals surface area contributed by atoms with Crippen LogP contribution in [0.4, 0.5) is 0 Å². The third-order valence-electron chi connectivity index (χ3n) is 8.33. The molecule has 2 heterocycles. The molecule has 0 saturated carbocycles. The van der Waals surface area contributed by atoms with Crippen LogP contribution in [-0.2, 0) is 0 Å². The number of hydrogen-bond donors (Lipinski definition) is 0. The largest absolute Gasteiger partial charge is 0.256 e. The first-order valence-electron chi connectivity index (χ1n) is 15.4. The second kappa shape index (κ2) is 12.1. The maximum atomic E-state index is 5.13. The minimum Gasteiger partial charge on any atom is -0.256 e. The average molecular weight is 588 g/mol. The van der Waals surface area contributed by atoms with Gasteiger partial charge in [0.05, 0.1) is 17.1 Å². The lowest BCUT2D eigenvalue weighted by molar-refractivity contribution is 1.18. The van der Waals surface area contributed by atoms with Crippen molar-refractivity contribution in [1.29, 1.82) is 0 Å². The fourth-order valence-corrected chi connectivity index (χ4v) is 5.88. The number of pyridine rings is 1. The molecule has 46 heavy (non-hydrogen) atoms. The summed E-state index contributed by atoms with van der Waals surface area (Å²) in [6, 6.07) is 59.0. The average Bonchev–Trinajstić information content (AvgIpc) is 3.15. The molecule has 216 valence electrons. The lowest BCUT2D eigenvalue weighted by atomic mass is 9.99. The van der Waals surface area contributed by atoms with Gasteiger partial charge in [-0.2, -0.15) is 0 Å². The predicted molar refractivity (Wildman–Crippen MR) is 190 cm³/mol. The van der Waals surface area contributed by atoms with Gasteiger partial charge in [-0.1, -0.05) is 146 Å². The first-order valence-corrected chi connectivity index (χ1v) is 15.4.